The third-order valence-corrected chi connectivity index (χ3v) is 5.55. The van der Waals surface area contributed by atoms with E-state index < -0.39 is 0 Å². The molecule has 0 spiro atoms. The Labute approximate surface area is 156 Å². The maximum Gasteiger partial charge on any atom is 0.104 e. The maximum atomic E-state index is 6.78. The molecule has 0 saturated carbocycles. The van der Waals surface area contributed by atoms with Crippen LogP contribution in [0.25, 0.3) is 9.94 Å². The highest BCUT2D eigenvalue weighted by Gasteiger charge is 2.25. The molecule has 0 amide bonds. The lowest BCUT2D eigenvalue weighted by Crippen LogP contribution is -2.10. The number of hydrogen-bond acceptors (Lipinski definition) is 3. The molecule has 1 aliphatic heterocycles. The standard InChI is InChI=1S/C21H15ClN2S/c22-20(17-9-5-2-6-10-17)21-24(18-11-13-23-14-12-18)15-19(25-21)16-7-3-1-4-8-16/h1-15H. The number of pyridine rings is 1. The van der Waals surface area contributed by atoms with Gasteiger partial charge in [0.25, 0.3) is 0 Å². The fourth-order valence-corrected chi connectivity index (χ4v) is 4.06. The third-order valence-electron chi connectivity index (χ3n) is 3.89. The van der Waals surface area contributed by atoms with Crippen molar-refractivity contribution in [3.05, 3.63) is 108 Å². The zero-order valence-electron chi connectivity index (χ0n) is 13.3. The summed E-state index contributed by atoms with van der Waals surface area (Å²) in [5.41, 5.74) is 3.23. The number of halogens is 1. The summed E-state index contributed by atoms with van der Waals surface area (Å²) in [4.78, 5) is 7.42. The smallest absolute Gasteiger partial charge is 0.104 e. The average Bonchev–Trinajstić information content (AvgIpc) is 3.15. The normalized spacial score (nSPS) is 15.9. The molecule has 2 aromatic carbocycles. The first-order valence-corrected chi connectivity index (χ1v) is 9.12. The highest BCUT2D eigenvalue weighted by Crippen LogP contribution is 2.48. The summed E-state index contributed by atoms with van der Waals surface area (Å²) in [5, 5.41) is 1.74. The van der Waals surface area contributed by atoms with Gasteiger partial charge in [-0.3, -0.25) is 4.98 Å². The molecule has 0 aliphatic carbocycles. The molecule has 0 N–H and O–H groups in total. The number of thioether (sulfide) groups is 1. The summed E-state index contributed by atoms with van der Waals surface area (Å²) in [6.07, 6.45) is 5.72. The van der Waals surface area contributed by atoms with E-state index in [1.807, 2.05) is 60.7 Å². The van der Waals surface area contributed by atoms with E-state index in [0.29, 0.717) is 0 Å². The Balaban J connectivity index is 1.81. The second kappa shape index (κ2) is 7.18. The van der Waals surface area contributed by atoms with Crippen molar-refractivity contribution in [3.63, 3.8) is 0 Å². The number of benzene rings is 2. The van der Waals surface area contributed by atoms with Crippen LogP contribution in [0.5, 0.6) is 0 Å². The Hall–Kier alpha value is -2.49. The molecule has 2 heterocycles. The second-order valence-electron chi connectivity index (χ2n) is 5.52. The van der Waals surface area contributed by atoms with Gasteiger partial charge in [-0.05, 0) is 23.3 Å². The topological polar surface area (TPSA) is 16.1 Å². The molecule has 0 atom stereocenters. The summed E-state index contributed by atoms with van der Waals surface area (Å²) in [7, 11) is 0. The lowest BCUT2D eigenvalue weighted by molar-refractivity contribution is 1.24. The van der Waals surface area contributed by atoms with Crippen LogP contribution in [-0.2, 0) is 0 Å². The van der Waals surface area contributed by atoms with Gasteiger partial charge in [0.05, 0.1) is 5.03 Å². The van der Waals surface area contributed by atoms with Gasteiger partial charge in [0.2, 0.25) is 0 Å². The second-order valence-corrected chi connectivity index (χ2v) is 6.93. The Morgan fingerprint density at radius 1 is 0.840 bits per heavy atom. The molecule has 1 aromatic heterocycles. The summed E-state index contributed by atoms with van der Waals surface area (Å²) in [6.45, 7) is 0. The van der Waals surface area contributed by atoms with Crippen LogP contribution in [0.4, 0.5) is 5.69 Å². The summed E-state index contributed by atoms with van der Waals surface area (Å²) < 4.78 is 0. The van der Waals surface area contributed by atoms with Crippen molar-refractivity contribution in [1.29, 1.82) is 0 Å². The van der Waals surface area contributed by atoms with Crippen LogP contribution in [0, 0.1) is 0 Å². The van der Waals surface area contributed by atoms with Gasteiger partial charge in [-0.15, -0.1) is 0 Å². The van der Waals surface area contributed by atoms with Crippen molar-refractivity contribution in [2.75, 3.05) is 4.90 Å². The Morgan fingerprint density at radius 3 is 2.16 bits per heavy atom. The average molecular weight is 363 g/mol. The minimum absolute atomic E-state index is 0.740. The zero-order chi connectivity index (χ0) is 17.1. The van der Waals surface area contributed by atoms with Crippen LogP contribution in [0.1, 0.15) is 11.1 Å². The molecule has 0 radical (unpaired) electrons. The molecule has 2 nitrogen and oxygen atoms in total. The zero-order valence-corrected chi connectivity index (χ0v) is 14.9. The number of rotatable bonds is 3. The van der Waals surface area contributed by atoms with E-state index in [0.717, 1.165) is 21.3 Å². The molecule has 122 valence electrons. The maximum absolute atomic E-state index is 6.78. The third kappa shape index (κ3) is 3.34. The fraction of sp³-hybridized carbons (Fsp3) is 0. The Kier molecular flexibility index (Phi) is 4.59. The van der Waals surface area contributed by atoms with E-state index in [-0.39, 0.29) is 0 Å². The number of nitrogens with zero attached hydrogens (tertiary/aromatic N) is 2. The SMILES string of the molecule is ClC(=C1SC(c2ccccc2)=CN1c1ccncc1)c1ccccc1. The lowest BCUT2D eigenvalue weighted by atomic mass is 10.2. The van der Waals surface area contributed by atoms with E-state index >= 15 is 0 Å². The van der Waals surface area contributed by atoms with Crippen LogP contribution in [0.3, 0.4) is 0 Å². The fourth-order valence-electron chi connectivity index (χ4n) is 2.65. The molecule has 1 aliphatic rings. The van der Waals surface area contributed by atoms with Gasteiger partial charge in [-0.25, -0.2) is 0 Å². The summed E-state index contributed by atoms with van der Waals surface area (Å²) in [5.74, 6) is 0. The summed E-state index contributed by atoms with van der Waals surface area (Å²) in [6, 6.07) is 24.4. The van der Waals surface area contributed by atoms with Gasteiger partial charge in [-0.2, -0.15) is 0 Å². The number of aromatic nitrogens is 1. The Morgan fingerprint density at radius 2 is 1.48 bits per heavy atom. The molecule has 3 aromatic rings. The predicted octanol–water partition coefficient (Wildman–Crippen LogP) is 6.20. The van der Waals surface area contributed by atoms with Gasteiger partial charge in [0, 0.05) is 29.2 Å². The number of anilines is 1. The molecular formula is C21H15ClN2S. The first-order valence-electron chi connectivity index (χ1n) is 7.92. The van der Waals surface area contributed by atoms with Gasteiger partial charge in [-0.1, -0.05) is 84.0 Å². The van der Waals surface area contributed by atoms with Crippen molar-refractivity contribution in [3.8, 4) is 0 Å². The van der Waals surface area contributed by atoms with Crippen molar-refractivity contribution < 1.29 is 0 Å². The monoisotopic (exact) mass is 362 g/mol. The first kappa shape index (κ1) is 16.0. The highest BCUT2D eigenvalue weighted by atomic mass is 35.5. The van der Waals surface area contributed by atoms with Crippen LogP contribution in [0.2, 0.25) is 0 Å². The van der Waals surface area contributed by atoms with Crippen molar-refractivity contribution in [2.45, 2.75) is 0 Å². The van der Waals surface area contributed by atoms with Gasteiger partial charge < -0.3 is 4.90 Å². The molecular weight excluding hydrogens is 348 g/mol. The van der Waals surface area contributed by atoms with Gasteiger partial charge in [0.15, 0.2) is 0 Å². The van der Waals surface area contributed by atoms with E-state index in [1.54, 1.807) is 24.2 Å². The predicted molar refractivity (Wildman–Crippen MR) is 108 cm³/mol. The van der Waals surface area contributed by atoms with E-state index in [4.69, 9.17) is 11.6 Å². The molecule has 0 fully saturated rings. The van der Waals surface area contributed by atoms with Gasteiger partial charge in [0.1, 0.15) is 5.03 Å². The van der Waals surface area contributed by atoms with Crippen LogP contribution < -0.4 is 4.90 Å². The van der Waals surface area contributed by atoms with Crippen molar-refractivity contribution >= 4 is 39.0 Å². The van der Waals surface area contributed by atoms with Crippen molar-refractivity contribution in [2.24, 2.45) is 0 Å². The summed E-state index contributed by atoms with van der Waals surface area (Å²) >= 11 is 8.46. The van der Waals surface area contributed by atoms with E-state index in [1.165, 1.54) is 10.5 Å². The molecule has 0 saturated heterocycles. The first-order chi connectivity index (χ1) is 12.3. The van der Waals surface area contributed by atoms with Crippen molar-refractivity contribution in [1.82, 2.24) is 4.98 Å². The van der Waals surface area contributed by atoms with E-state index in [2.05, 4.69) is 28.2 Å². The highest BCUT2D eigenvalue weighted by molar-refractivity contribution is 8.12. The molecule has 25 heavy (non-hydrogen) atoms. The van der Waals surface area contributed by atoms with Crippen LogP contribution in [0.15, 0.2) is 96.4 Å². The van der Waals surface area contributed by atoms with Gasteiger partial charge >= 0.3 is 0 Å². The molecule has 0 bridgehead atoms. The van der Waals surface area contributed by atoms with E-state index in [9.17, 15) is 0 Å². The minimum Gasteiger partial charge on any atom is -0.309 e. The molecule has 4 rings (SSSR count). The Bertz CT molecular complexity index is 922. The lowest BCUT2D eigenvalue weighted by Gasteiger charge is -2.18. The van der Waals surface area contributed by atoms with Crippen LogP contribution in [-0.4, -0.2) is 4.98 Å². The number of hydrogen-bond donors (Lipinski definition) is 0. The minimum atomic E-state index is 0.740. The quantitative estimate of drug-likeness (QED) is 0.552. The molecule has 0 unspecified atom stereocenters. The molecule has 4 heteroatoms. The van der Waals surface area contributed by atoms with Crippen LogP contribution >= 0.6 is 23.4 Å². The largest absolute Gasteiger partial charge is 0.309 e.